The van der Waals surface area contributed by atoms with Crippen LogP contribution >= 0.6 is 24.0 Å². The van der Waals surface area contributed by atoms with E-state index in [4.69, 9.17) is 0 Å². The summed E-state index contributed by atoms with van der Waals surface area (Å²) < 4.78 is 0. The number of halogens is 1. The molecule has 7 heteroatoms. The first-order valence-corrected chi connectivity index (χ1v) is 8.16. The molecule has 0 radical (unpaired) electrons. The molecule has 6 nitrogen and oxygen atoms in total. The van der Waals surface area contributed by atoms with Gasteiger partial charge in [-0.15, -0.1) is 24.0 Å². The van der Waals surface area contributed by atoms with E-state index in [1.807, 2.05) is 19.2 Å². The fraction of sp³-hybridized carbons (Fsp3) is 0.471. The van der Waals surface area contributed by atoms with Gasteiger partial charge in [-0.05, 0) is 30.4 Å². The van der Waals surface area contributed by atoms with Gasteiger partial charge < -0.3 is 10.2 Å². The zero-order valence-corrected chi connectivity index (χ0v) is 16.5. The molecule has 130 valence electrons. The van der Waals surface area contributed by atoms with Crippen molar-refractivity contribution in [1.29, 1.82) is 0 Å². The highest BCUT2D eigenvalue weighted by molar-refractivity contribution is 14.0. The minimum Gasteiger partial charge on any atom is -0.352 e. The minimum atomic E-state index is 0. The number of aliphatic imine (C=N–C) groups is 1. The summed E-state index contributed by atoms with van der Waals surface area (Å²) in [6.07, 6.45) is 4.08. The number of aromatic nitrogens is 3. The van der Waals surface area contributed by atoms with Crippen LogP contribution in [0.4, 0.5) is 0 Å². The smallest absolute Gasteiger partial charge is 0.193 e. The van der Waals surface area contributed by atoms with Crippen molar-refractivity contribution in [2.75, 3.05) is 20.1 Å². The summed E-state index contributed by atoms with van der Waals surface area (Å²) >= 11 is 0. The van der Waals surface area contributed by atoms with Crippen molar-refractivity contribution in [3.8, 4) is 11.4 Å². The number of likely N-dealkylation sites (tertiary alicyclic amines) is 1. The Bertz CT molecular complexity index is 655. The van der Waals surface area contributed by atoms with Gasteiger partial charge in [0, 0.05) is 32.2 Å². The molecule has 1 aliphatic heterocycles. The molecule has 0 amide bonds. The number of benzene rings is 1. The highest BCUT2D eigenvalue weighted by Gasteiger charge is 2.18. The van der Waals surface area contributed by atoms with Gasteiger partial charge in [-0.1, -0.05) is 25.1 Å². The molecule has 2 heterocycles. The number of H-pyrrole nitrogens is 1. The van der Waals surface area contributed by atoms with Gasteiger partial charge in [-0.25, -0.2) is 4.98 Å². The van der Waals surface area contributed by atoms with Gasteiger partial charge in [0.1, 0.15) is 6.33 Å². The fourth-order valence-electron chi connectivity index (χ4n) is 3.07. The van der Waals surface area contributed by atoms with Crippen LogP contribution in [0.1, 0.15) is 25.3 Å². The maximum Gasteiger partial charge on any atom is 0.193 e. The Morgan fingerprint density at radius 2 is 2.33 bits per heavy atom. The Morgan fingerprint density at radius 1 is 1.46 bits per heavy atom. The third-order valence-electron chi connectivity index (χ3n) is 4.23. The van der Waals surface area contributed by atoms with Crippen LogP contribution in [-0.2, 0) is 6.54 Å². The summed E-state index contributed by atoms with van der Waals surface area (Å²) in [6, 6.07) is 8.31. The Morgan fingerprint density at radius 3 is 3.04 bits per heavy atom. The normalized spacial score (nSPS) is 18.2. The monoisotopic (exact) mass is 440 g/mol. The molecule has 1 aromatic heterocycles. The van der Waals surface area contributed by atoms with E-state index in [0.29, 0.717) is 0 Å². The van der Waals surface area contributed by atoms with Crippen molar-refractivity contribution < 1.29 is 0 Å². The largest absolute Gasteiger partial charge is 0.352 e. The van der Waals surface area contributed by atoms with E-state index < -0.39 is 0 Å². The lowest BCUT2D eigenvalue weighted by molar-refractivity contribution is 0.266. The number of aromatic amines is 1. The van der Waals surface area contributed by atoms with Gasteiger partial charge in [0.15, 0.2) is 11.8 Å². The van der Waals surface area contributed by atoms with Gasteiger partial charge in [0.2, 0.25) is 0 Å². The van der Waals surface area contributed by atoms with Crippen molar-refractivity contribution >= 4 is 29.9 Å². The van der Waals surface area contributed by atoms with Crippen LogP contribution in [0.15, 0.2) is 35.6 Å². The summed E-state index contributed by atoms with van der Waals surface area (Å²) in [5.74, 6) is 2.51. The summed E-state index contributed by atoms with van der Waals surface area (Å²) in [6.45, 7) is 5.22. The van der Waals surface area contributed by atoms with Crippen LogP contribution in [-0.4, -0.2) is 46.2 Å². The van der Waals surface area contributed by atoms with Crippen LogP contribution in [0.5, 0.6) is 0 Å². The van der Waals surface area contributed by atoms with Crippen LogP contribution in [0.3, 0.4) is 0 Å². The molecular formula is C17H25IN6. The second-order valence-corrected chi connectivity index (χ2v) is 6.13. The van der Waals surface area contributed by atoms with E-state index in [-0.39, 0.29) is 24.0 Å². The number of rotatable bonds is 3. The fourth-order valence-corrected chi connectivity index (χ4v) is 3.07. The van der Waals surface area contributed by atoms with Crippen molar-refractivity contribution in [2.24, 2.45) is 10.9 Å². The molecule has 2 N–H and O–H groups in total. The lowest BCUT2D eigenvalue weighted by Gasteiger charge is -2.33. The Labute approximate surface area is 160 Å². The highest BCUT2D eigenvalue weighted by atomic mass is 127. The maximum absolute atomic E-state index is 4.44. The van der Waals surface area contributed by atoms with Crippen molar-refractivity contribution in [3.05, 3.63) is 36.2 Å². The highest BCUT2D eigenvalue weighted by Crippen LogP contribution is 2.17. The van der Waals surface area contributed by atoms with Gasteiger partial charge >= 0.3 is 0 Å². The second-order valence-electron chi connectivity index (χ2n) is 6.13. The van der Waals surface area contributed by atoms with Gasteiger partial charge in [-0.2, -0.15) is 5.10 Å². The standard InChI is InChI=1S/C17H24N6.HI/c1-13-5-4-8-23(11-13)17(18-2)19-10-14-6-3-7-15(9-14)16-20-12-21-22-16;/h3,6-7,9,12-13H,4-5,8,10-11H2,1-2H3,(H,18,19)(H,20,21,22);1H. The average molecular weight is 440 g/mol. The molecule has 1 saturated heterocycles. The van der Waals surface area contributed by atoms with Gasteiger partial charge in [0.05, 0.1) is 0 Å². The molecule has 0 bridgehead atoms. The third kappa shape index (κ3) is 4.68. The van der Waals surface area contributed by atoms with Crippen molar-refractivity contribution in [1.82, 2.24) is 25.4 Å². The molecule has 1 aromatic carbocycles. The molecular weight excluding hydrogens is 415 g/mol. The number of nitrogens with zero attached hydrogens (tertiary/aromatic N) is 4. The van der Waals surface area contributed by atoms with Crippen LogP contribution in [0.2, 0.25) is 0 Å². The molecule has 1 atom stereocenters. The average Bonchev–Trinajstić information content (AvgIpc) is 3.10. The molecule has 24 heavy (non-hydrogen) atoms. The molecule has 0 saturated carbocycles. The second kappa shape index (κ2) is 9.00. The number of hydrogen-bond acceptors (Lipinski definition) is 3. The molecule has 0 spiro atoms. The summed E-state index contributed by atoms with van der Waals surface area (Å²) in [4.78, 5) is 11.0. The van der Waals surface area contributed by atoms with Crippen LogP contribution in [0, 0.1) is 5.92 Å². The van der Waals surface area contributed by atoms with Crippen LogP contribution < -0.4 is 5.32 Å². The number of hydrogen-bond donors (Lipinski definition) is 2. The van der Waals surface area contributed by atoms with E-state index in [1.165, 1.54) is 24.7 Å². The Kier molecular flexibility index (Phi) is 7.01. The molecule has 1 aliphatic rings. The number of piperidine rings is 1. The lowest BCUT2D eigenvalue weighted by Crippen LogP contribution is -2.45. The maximum atomic E-state index is 4.44. The predicted octanol–water partition coefficient (Wildman–Crippen LogP) is 2.90. The molecule has 1 unspecified atom stereocenters. The zero-order valence-electron chi connectivity index (χ0n) is 14.2. The van der Waals surface area contributed by atoms with Crippen molar-refractivity contribution in [3.63, 3.8) is 0 Å². The first-order chi connectivity index (χ1) is 11.3. The van der Waals surface area contributed by atoms with Crippen LogP contribution in [0.25, 0.3) is 11.4 Å². The number of guanidine groups is 1. The SMILES string of the molecule is CN=C(NCc1cccc(-c2ncn[nH]2)c1)N1CCCC(C)C1.I. The third-order valence-corrected chi connectivity index (χ3v) is 4.23. The summed E-state index contributed by atoms with van der Waals surface area (Å²) in [5, 5.41) is 10.3. The van der Waals surface area contributed by atoms with E-state index in [1.54, 1.807) is 0 Å². The first-order valence-electron chi connectivity index (χ1n) is 8.16. The Balaban J connectivity index is 0.00000208. The molecule has 2 aromatic rings. The lowest BCUT2D eigenvalue weighted by atomic mass is 10.0. The predicted molar refractivity (Wildman–Crippen MR) is 107 cm³/mol. The topological polar surface area (TPSA) is 69.2 Å². The molecule has 3 rings (SSSR count). The zero-order chi connectivity index (χ0) is 16.1. The summed E-state index contributed by atoms with van der Waals surface area (Å²) in [5.41, 5.74) is 2.24. The van der Waals surface area contributed by atoms with E-state index in [9.17, 15) is 0 Å². The van der Waals surface area contributed by atoms with Gasteiger partial charge in [0.25, 0.3) is 0 Å². The quantitative estimate of drug-likeness (QED) is 0.438. The van der Waals surface area contributed by atoms with E-state index in [0.717, 1.165) is 42.9 Å². The number of nitrogens with one attached hydrogen (secondary N) is 2. The van der Waals surface area contributed by atoms with Gasteiger partial charge in [-0.3, -0.25) is 10.1 Å². The molecule has 1 fully saturated rings. The summed E-state index contributed by atoms with van der Waals surface area (Å²) in [7, 11) is 1.85. The van der Waals surface area contributed by atoms with E-state index in [2.05, 4.69) is 49.4 Å². The van der Waals surface area contributed by atoms with E-state index >= 15 is 0 Å². The van der Waals surface area contributed by atoms with Crippen molar-refractivity contribution in [2.45, 2.75) is 26.3 Å². The molecule has 0 aliphatic carbocycles. The Hall–Kier alpha value is -1.64. The first kappa shape index (κ1) is 18.7. The minimum absolute atomic E-state index is 0.